The summed E-state index contributed by atoms with van der Waals surface area (Å²) >= 11 is 12.6. The summed E-state index contributed by atoms with van der Waals surface area (Å²) in [5.74, 6) is 0.482. The number of H-pyrrole nitrogens is 2. The molecule has 0 radical (unpaired) electrons. The van der Waals surface area contributed by atoms with E-state index in [0.717, 1.165) is 22.3 Å². The van der Waals surface area contributed by atoms with Crippen LogP contribution in [0.5, 0.6) is 11.5 Å². The maximum Gasteiger partial charge on any atom is 0.323 e. The zero-order valence-corrected chi connectivity index (χ0v) is 18.6. The Morgan fingerprint density at radius 3 is 2.56 bits per heavy atom. The molecule has 1 aromatic heterocycles. The lowest BCUT2D eigenvalue weighted by Crippen LogP contribution is -2.04. The van der Waals surface area contributed by atoms with Gasteiger partial charge in [-0.2, -0.15) is 0 Å². The van der Waals surface area contributed by atoms with Gasteiger partial charge in [-0.05, 0) is 55.0 Å². The van der Waals surface area contributed by atoms with Crippen LogP contribution in [0, 0.1) is 5.82 Å². The first-order valence-corrected chi connectivity index (χ1v) is 10.7. The Hall–Kier alpha value is -3.16. The molecule has 4 aromatic rings. The zero-order chi connectivity index (χ0) is 22.7. The number of halogens is 3. The highest BCUT2D eigenvalue weighted by Crippen LogP contribution is 2.38. The lowest BCUT2D eigenvalue weighted by molar-refractivity contribution is 0.269. The molecule has 0 aliphatic rings. The Morgan fingerprint density at radius 1 is 0.969 bits per heavy atom. The first kappa shape index (κ1) is 22.0. The van der Waals surface area contributed by atoms with E-state index in [1.165, 1.54) is 12.1 Å². The molecule has 4 rings (SSSR count). The number of aromatic amines is 2. The quantitative estimate of drug-likeness (QED) is 0.296. The number of fused-ring (bicyclic) bond motifs is 1. The molecule has 0 spiro atoms. The van der Waals surface area contributed by atoms with Crippen LogP contribution in [-0.2, 0) is 13.2 Å². The van der Waals surface area contributed by atoms with Gasteiger partial charge in [-0.25, -0.2) is 9.18 Å². The van der Waals surface area contributed by atoms with Crippen LogP contribution in [-0.4, -0.2) is 16.6 Å². The number of hydrogen-bond acceptors (Lipinski definition) is 4. The van der Waals surface area contributed by atoms with E-state index in [0.29, 0.717) is 35.2 Å². The Labute approximate surface area is 193 Å². The minimum atomic E-state index is -0.411. The first-order chi connectivity index (χ1) is 15.4. The Morgan fingerprint density at radius 2 is 1.78 bits per heavy atom. The normalized spacial score (nSPS) is 11.0. The minimum absolute atomic E-state index is 0.116. The van der Waals surface area contributed by atoms with Gasteiger partial charge in [0.2, 0.25) is 0 Å². The molecule has 6 nitrogen and oxygen atoms in total. The highest BCUT2D eigenvalue weighted by molar-refractivity contribution is 6.32. The van der Waals surface area contributed by atoms with Crippen molar-refractivity contribution in [1.82, 2.24) is 9.97 Å². The Kier molecular flexibility index (Phi) is 6.58. The van der Waals surface area contributed by atoms with Gasteiger partial charge in [0, 0.05) is 17.8 Å². The van der Waals surface area contributed by atoms with E-state index < -0.39 is 5.82 Å². The molecule has 0 saturated carbocycles. The number of anilines is 1. The number of imidazole rings is 1. The molecule has 3 aromatic carbocycles. The highest BCUT2D eigenvalue weighted by atomic mass is 35.5. The summed E-state index contributed by atoms with van der Waals surface area (Å²) in [7, 11) is 0. The van der Waals surface area contributed by atoms with E-state index in [2.05, 4.69) is 15.3 Å². The standard InChI is InChI=1S/C23H20Cl2FN3O3/c1-2-31-21-8-13(11-27-16-5-6-19-20(10-16)29-23(30)28-19)7-18(25)22(21)32-12-14-3-4-15(26)9-17(14)24/h3-10,27H,2,11-12H2,1H3,(H2,28,29,30). The van der Waals surface area contributed by atoms with Gasteiger partial charge in [0.25, 0.3) is 0 Å². The summed E-state index contributed by atoms with van der Waals surface area (Å²) < 4.78 is 24.9. The van der Waals surface area contributed by atoms with Crippen LogP contribution in [0.4, 0.5) is 10.1 Å². The van der Waals surface area contributed by atoms with Crippen molar-refractivity contribution < 1.29 is 13.9 Å². The molecule has 166 valence electrons. The molecular weight excluding hydrogens is 456 g/mol. The van der Waals surface area contributed by atoms with Crippen LogP contribution in [0.25, 0.3) is 11.0 Å². The Bertz CT molecular complexity index is 1320. The molecule has 32 heavy (non-hydrogen) atoms. The molecular formula is C23H20Cl2FN3O3. The van der Waals surface area contributed by atoms with Gasteiger partial charge in [-0.3, -0.25) is 0 Å². The predicted octanol–water partition coefficient (Wildman–Crippen LogP) is 5.89. The fourth-order valence-electron chi connectivity index (χ4n) is 3.26. The molecule has 0 bridgehead atoms. The molecule has 0 aliphatic heterocycles. The second-order valence-corrected chi connectivity index (χ2v) is 7.87. The summed E-state index contributed by atoms with van der Waals surface area (Å²) in [6.07, 6.45) is 0. The number of hydrogen-bond donors (Lipinski definition) is 3. The van der Waals surface area contributed by atoms with Crippen LogP contribution in [0.15, 0.2) is 53.3 Å². The summed E-state index contributed by atoms with van der Waals surface area (Å²) in [5, 5.41) is 3.97. The van der Waals surface area contributed by atoms with Crippen molar-refractivity contribution in [3.63, 3.8) is 0 Å². The molecule has 0 amide bonds. The second-order valence-electron chi connectivity index (χ2n) is 7.06. The average Bonchev–Trinajstić information content (AvgIpc) is 3.12. The van der Waals surface area contributed by atoms with E-state index >= 15 is 0 Å². The van der Waals surface area contributed by atoms with Gasteiger partial charge in [-0.1, -0.05) is 29.3 Å². The molecule has 0 fully saturated rings. The van der Waals surface area contributed by atoms with Crippen molar-refractivity contribution in [2.75, 3.05) is 11.9 Å². The van der Waals surface area contributed by atoms with Crippen molar-refractivity contribution in [2.45, 2.75) is 20.1 Å². The second kappa shape index (κ2) is 9.54. The molecule has 0 atom stereocenters. The molecule has 3 N–H and O–H groups in total. The lowest BCUT2D eigenvalue weighted by Gasteiger charge is -2.16. The molecule has 0 aliphatic carbocycles. The average molecular weight is 476 g/mol. The maximum absolute atomic E-state index is 13.3. The van der Waals surface area contributed by atoms with Gasteiger partial charge in [0.15, 0.2) is 11.5 Å². The molecule has 1 heterocycles. The van der Waals surface area contributed by atoms with E-state index in [9.17, 15) is 9.18 Å². The zero-order valence-electron chi connectivity index (χ0n) is 17.1. The molecule has 0 unspecified atom stereocenters. The van der Waals surface area contributed by atoms with Crippen LogP contribution >= 0.6 is 23.2 Å². The smallest absolute Gasteiger partial charge is 0.323 e. The van der Waals surface area contributed by atoms with E-state index in [1.807, 2.05) is 31.2 Å². The van der Waals surface area contributed by atoms with Crippen molar-refractivity contribution in [3.05, 3.63) is 86.0 Å². The molecule has 0 saturated heterocycles. The third kappa shape index (κ3) is 5.00. The van der Waals surface area contributed by atoms with Gasteiger partial charge in [0.05, 0.1) is 27.7 Å². The number of benzene rings is 3. The van der Waals surface area contributed by atoms with Crippen molar-refractivity contribution in [1.29, 1.82) is 0 Å². The molecule has 9 heteroatoms. The summed E-state index contributed by atoms with van der Waals surface area (Å²) in [6, 6.07) is 13.3. The van der Waals surface area contributed by atoms with Gasteiger partial charge >= 0.3 is 5.69 Å². The summed E-state index contributed by atoms with van der Waals surface area (Å²) in [5.41, 5.74) is 3.57. The maximum atomic E-state index is 13.3. The van der Waals surface area contributed by atoms with Gasteiger partial charge < -0.3 is 24.8 Å². The Balaban J connectivity index is 1.51. The van der Waals surface area contributed by atoms with Crippen molar-refractivity contribution in [2.24, 2.45) is 0 Å². The summed E-state index contributed by atoms with van der Waals surface area (Å²) in [4.78, 5) is 16.9. The summed E-state index contributed by atoms with van der Waals surface area (Å²) in [6.45, 7) is 2.89. The SMILES string of the molecule is CCOc1cc(CNc2ccc3[nH]c(=O)[nH]c3c2)cc(Cl)c1OCc1ccc(F)cc1Cl. The minimum Gasteiger partial charge on any atom is -0.490 e. The van der Waals surface area contributed by atoms with Crippen LogP contribution in [0.3, 0.4) is 0 Å². The fraction of sp³-hybridized carbons (Fsp3) is 0.174. The number of nitrogens with one attached hydrogen (secondary N) is 3. The van der Waals surface area contributed by atoms with Gasteiger partial charge in [0.1, 0.15) is 12.4 Å². The highest BCUT2D eigenvalue weighted by Gasteiger charge is 2.14. The van der Waals surface area contributed by atoms with Gasteiger partial charge in [-0.15, -0.1) is 0 Å². The third-order valence-electron chi connectivity index (χ3n) is 4.77. The number of aromatic nitrogens is 2. The van der Waals surface area contributed by atoms with Crippen LogP contribution in [0.2, 0.25) is 10.0 Å². The first-order valence-electron chi connectivity index (χ1n) is 9.91. The van der Waals surface area contributed by atoms with Crippen LogP contribution < -0.4 is 20.5 Å². The number of rotatable bonds is 8. The predicted molar refractivity (Wildman–Crippen MR) is 125 cm³/mol. The van der Waals surface area contributed by atoms with Crippen molar-refractivity contribution in [3.8, 4) is 11.5 Å². The van der Waals surface area contributed by atoms with E-state index in [4.69, 9.17) is 32.7 Å². The largest absolute Gasteiger partial charge is 0.490 e. The lowest BCUT2D eigenvalue weighted by atomic mass is 10.2. The third-order valence-corrected chi connectivity index (χ3v) is 5.40. The fourth-order valence-corrected chi connectivity index (χ4v) is 3.77. The number of ether oxygens (including phenoxy) is 2. The van der Waals surface area contributed by atoms with Crippen LogP contribution in [0.1, 0.15) is 18.1 Å². The monoisotopic (exact) mass is 475 g/mol. The van der Waals surface area contributed by atoms with Crippen molar-refractivity contribution >= 4 is 39.9 Å². The van der Waals surface area contributed by atoms with E-state index in [-0.39, 0.29) is 17.3 Å². The topological polar surface area (TPSA) is 79.1 Å². The van der Waals surface area contributed by atoms with E-state index in [1.54, 1.807) is 12.1 Å².